The average Bonchev–Trinajstić information content (AvgIpc) is 2.71. The molecule has 4 nitrogen and oxygen atoms in total. The van der Waals surface area contributed by atoms with Crippen LogP contribution >= 0.6 is 0 Å². The van der Waals surface area contributed by atoms with Gasteiger partial charge in [-0.3, -0.25) is 4.79 Å². The molecule has 1 heterocycles. The summed E-state index contributed by atoms with van der Waals surface area (Å²) >= 11 is 0. The van der Waals surface area contributed by atoms with E-state index in [2.05, 4.69) is 6.92 Å². The number of carbonyl (C=O) groups is 1. The fraction of sp³-hybridized carbons (Fsp3) is 0.909. The van der Waals surface area contributed by atoms with Crippen molar-refractivity contribution in [2.75, 3.05) is 13.2 Å². The summed E-state index contributed by atoms with van der Waals surface area (Å²) in [7, 11) is 0. The molecule has 0 aliphatic carbocycles. The second-order valence-corrected chi connectivity index (χ2v) is 3.94. The molecule has 15 heavy (non-hydrogen) atoms. The predicted octanol–water partition coefficient (Wildman–Crippen LogP) is 1.23. The average molecular weight is 215 g/mol. The van der Waals surface area contributed by atoms with Gasteiger partial charge < -0.3 is 15.2 Å². The van der Waals surface area contributed by atoms with Gasteiger partial charge in [0.15, 0.2) is 0 Å². The van der Waals surface area contributed by atoms with Crippen LogP contribution < -0.4 is 5.73 Å². The summed E-state index contributed by atoms with van der Waals surface area (Å²) in [6, 6.07) is 0. The van der Waals surface area contributed by atoms with Crippen molar-refractivity contribution in [3.05, 3.63) is 0 Å². The van der Waals surface area contributed by atoms with Crippen molar-refractivity contribution in [3.8, 4) is 0 Å². The van der Waals surface area contributed by atoms with E-state index in [9.17, 15) is 4.79 Å². The Morgan fingerprint density at radius 1 is 1.47 bits per heavy atom. The zero-order chi connectivity index (χ0) is 11.1. The zero-order valence-corrected chi connectivity index (χ0v) is 9.41. The Morgan fingerprint density at radius 3 is 2.80 bits per heavy atom. The number of carbonyl (C=O) groups excluding carboxylic acids is 1. The van der Waals surface area contributed by atoms with Crippen molar-refractivity contribution in [2.45, 2.75) is 51.2 Å². The van der Waals surface area contributed by atoms with Gasteiger partial charge in [-0.1, -0.05) is 6.92 Å². The maximum atomic E-state index is 11.2. The Bertz CT molecular complexity index is 196. The van der Waals surface area contributed by atoms with Crippen molar-refractivity contribution in [3.63, 3.8) is 0 Å². The maximum Gasteiger partial charge on any atom is 0.305 e. The van der Waals surface area contributed by atoms with Gasteiger partial charge in [-0.25, -0.2) is 0 Å². The monoisotopic (exact) mass is 215 g/mol. The number of nitrogens with two attached hydrogens (primary N) is 1. The Morgan fingerprint density at radius 2 is 2.20 bits per heavy atom. The van der Waals surface area contributed by atoms with Crippen molar-refractivity contribution in [2.24, 2.45) is 5.73 Å². The molecule has 0 spiro atoms. The van der Waals surface area contributed by atoms with Gasteiger partial charge in [0.05, 0.1) is 12.2 Å². The first-order valence-corrected chi connectivity index (χ1v) is 5.77. The van der Waals surface area contributed by atoms with Crippen LogP contribution in [0.3, 0.4) is 0 Å². The molecule has 0 bridgehead atoms. The lowest BCUT2D eigenvalue weighted by molar-refractivity contribution is -0.147. The topological polar surface area (TPSA) is 61.5 Å². The molecular weight excluding hydrogens is 194 g/mol. The second-order valence-electron chi connectivity index (χ2n) is 3.94. The summed E-state index contributed by atoms with van der Waals surface area (Å²) in [6.07, 6.45) is 4.71. The van der Waals surface area contributed by atoms with E-state index in [0.29, 0.717) is 32.1 Å². The van der Waals surface area contributed by atoms with Crippen LogP contribution in [0.15, 0.2) is 0 Å². The standard InChI is InChI=1S/C11H21NO3/c1-2-9-5-6-10(15-9)8-14-11(13)4-3-7-12/h9-10H,2-8,12H2,1H3/t9-,10+/m0/s1. The molecule has 1 saturated heterocycles. The van der Waals surface area contributed by atoms with E-state index >= 15 is 0 Å². The van der Waals surface area contributed by atoms with Crippen LogP contribution in [0, 0.1) is 0 Å². The van der Waals surface area contributed by atoms with Gasteiger partial charge in [0.1, 0.15) is 6.61 Å². The number of hydrogen-bond donors (Lipinski definition) is 1. The van der Waals surface area contributed by atoms with Crippen LogP contribution in [0.2, 0.25) is 0 Å². The molecule has 1 aliphatic heterocycles. The lowest BCUT2D eigenvalue weighted by Crippen LogP contribution is -2.19. The quantitative estimate of drug-likeness (QED) is 0.677. The second kappa shape index (κ2) is 6.80. The van der Waals surface area contributed by atoms with Crippen LogP contribution in [-0.4, -0.2) is 31.3 Å². The Balaban J connectivity index is 2.07. The Kier molecular flexibility index (Phi) is 5.65. The first-order valence-electron chi connectivity index (χ1n) is 5.77. The minimum absolute atomic E-state index is 0.108. The van der Waals surface area contributed by atoms with E-state index in [0.717, 1.165) is 19.3 Å². The molecule has 1 fully saturated rings. The molecule has 0 aromatic carbocycles. The fourth-order valence-electron chi connectivity index (χ4n) is 1.71. The van der Waals surface area contributed by atoms with Gasteiger partial charge >= 0.3 is 5.97 Å². The SMILES string of the molecule is CC[C@H]1CC[C@H](COC(=O)CCCN)O1. The fourth-order valence-corrected chi connectivity index (χ4v) is 1.71. The molecule has 0 aromatic heterocycles. The number of hydrogen-bond acceptors (Lipinski definition) is 4. The molecule has 0 unspecified atom stereocenters. The third-order valence-electron chi connectivity index (χ3n) is 2.67. The summed E-state index contributed by atoms with van der Waals surface area (Å²) in [5, 5.41) is 0. The van der Waals surface area contributed by atoms with Crippen molar-refractivity contribution in [1.82, 2.24) is 0 Å². The van der Waals surface area contributed by atoms with E-state index in [1.54, 1.807) is 0 Å². The first-order chi connectivity index (χ1) is 7.26. The molecule has 0 radical (unpaired) electrons. The third-order valence-corrected chi connectivity index (χ3v) is 2.67. The molecule has 2 N–H and O–H groups in total. The highest BCUT2D eigenvalue weighted by atomic mass is 16.6. The predicted molar refractivity (Wildman–Crippen MR) is 57.4 cm³/mol. The zero-order valence-electron chi connectivity index (χ0n) is 9.41. The first kappa shape index (κ1) is 12.5. The number of ether oxygens (including phenoxy) is 2. The summed E-state index contributed by atoms with van der Waals surface area (Å²) in [6.45, 7) is 3.05. The normalized spacial score (nSPS) is 25.5. The minimum atomic E-state index is -0.163. The van der Waals surface area contributed by atoms with Gasteiger partial charge in [-0.15, -0.1) is 0 Å². The van der Waals surface area contributed by atoms with E-state index in [-0.39, 0.29) is 12.1 Å². The van der Waals surface area contributed by atoms with E-state index in [1.165, 1.54) is 0 Å². The van der Waals surface area contributed by atoms with E-state index in [4.69, 9.17) is 15.2 Å². The molecule has 0 amide bonds. The lowest BCUT2D eigenvalue weighted by Gasteiger charge is -2.12. The highest BCUT2D eigenvalue weighted by Crippen LogP contribution is 2.21. The van der Waals surface area contributed by atoms with Gasteiger partial charge in [-0.05, 0) is 32.2 Å². The molecular formula is C11H21NO3. The molecule has 1 aliphatic rings. The summed E-state index contributed by atoms with van der Waals surface area (Å²) in [5.41, 5.74) is 5.30. The molecule has 2 atom stereocenters. The summed E-state index contributed by atoms with van der Waals surface area (Å²) in [4.78, 5) is 11.2. The van der Waals surface area contributed by atoms with Gasteiger partial charge in [0.25, 0.3) is 0 Å². The summed E-state index contributed by atoms with van der Waals surface area (Å²) < 4.78 is 10.8. The maximum absolute atomic E-state index is 11.2. The number of rotatable bonds is 6. The van der Waals surface area contributed by atoms with Crippen LogP contribution in [-0.2, 0) is 14.3 Å². The third kappa shape index (κ3) is 4.62. The molecule has 0 aromatic rings. The summed E-state index contributed by atoms with van der Waals surface area (Å²) in [5.74, 6) is -0.163. The van der Waals surface area contributed by atoms with Gasteiger partial charge in [0.2, 0.25) is 0 Å². The highest BCUT2D eigenvalue weighted by Gasteiger charge is 2.24. The van der Waals surface area contributed by atoms with E-state index in [1.807, 2.05) is 0 Å². The molecule has 1 rings (SSSR count). The minimum Gasteiger partial charge on any atom is -0.463 e. The lowest BCUT2D eigenvalue weighted by atomic mass is 10.2. The Hall–Kier alpha value is -0.610. The van der Waals surface area contributed by atoms with Crippen molar-refractivity contribution < 1.29 is 14.3 Å². The van der Waals surface area contributed by atoms with Crippen molar-refractivity contribution in [1.29, 1.82) is 0 Å². The van der Waals surface area contributed by atoms with Crippen LogP contribution in [0.5, 0.6) is 0 Å². The van der Waals surface area contributed by atoms with Gasteiger partial charge in [-0.2, -0.15) is 0 Å². The van der Waals surface area contributed by atoms with Crippen molar-refractivity contribution >= 4 is 5.97 Å². The molecule has 0 saturated carbocycles. The van der Waals surface area contributed by atoms with Gasteiger partial charge in [0, 0.05) is 6.42 Å². The smallest absolute Gasteiger partial charge is 0.305 e. The largest absolute Gasteiger partial charge is 0.463 e. The van der Waals surface area contributed by atoms with E-state index < -0.39 is 0 Å². The van der Waals surface area contributed by atoms with Crippen LogP contribution in [0.1, 0.15) is 39.0 Å². The number of esters is 1. The molecule has 4 heteroatoms. The van der Waals surface area contributed by atoms with Crippen LogP contribution in [0.4, 0.5) is 0 Å². The highest BCUT2D eigenvalue weighted by molar-refractivity contribution is 5.69. The Labute approximate surface area is 91.1 Å². The molecule has 88 valence electrons. The van der Waals surface area contributed by atoms with Crippen LogP contribution in [0.25, 0.3) is 0 Å².